The van der Waals surface area contributed by atoms with E-state index in [2.05, 4.69) is 24.1 Å². The summed E-state index contributed by atoms with van der Waals surface area (Å²) in [6.07, 6.45) is 6.48. The standard InChI is InChI=1S/C23H38N2O3/c1-3-18(2)9-7-13-23(28)25-16-8-12-20(25)14-15-22(27)24-17-21(26)19-10-5-4-6-11-19/h4-6,10-11,18,20-21,23,26,28H,3,7-9,12-17H2,1-2H3,(H,24,27)/t18-,20-,21+,23?/m0/s1. The van der Waals surface area contributed by atoms with Crippen LogP contribution in [0.3, 0.4) is 0 Å². The first-order valence-corrected chi connectivity index (χ1v) is 10.9. The van der Waals surface area contributed by atoms with Crippen molar-refractivity contribution < 1.29 is 15.0 Å². The van der Waals surface area contributed by atoms with Gasteiger partial charge in [-0.3, -0.25) is 9.69 Å². The van der Waals surface area contributed by atoms with Crippen LogP contribution in [0.2, 0.25) is 0 Å². The molecule has 158 valence electrons. The summed E-state index contributed by atoms with van der Waals surface area (Å²) in [7, 11) is 0. The average molecular weight is 391 g/mol. The second kappa shape index (κ2) is 12.2. The molecule has 3 N–H and O–H groups in total. The largest absolute Gasteiger partial charge is 0.387 e. The molecular weight excluding hydrogens is 352 g/mol. The molecule has 0 spiro atoms. The van der Waals surface area contributed by atoms with E-state index in [9.17, 15) is 15.0 Å². The van der Waals surface area contributed by atoms with Gasteiger partial charge in [-0.15, -0.1) is 0 Å². The second-order valence-corrected chi connectivity index (χ2v) is 8.23. The zero-order valence-corrected chi connectivity index (χ0v) is 17.5. The lowest BCUT2D eigenvalue weighted by atomic mass is 10.0. The van der Waals surface area contributed by atoms with Gasteiger partial charge < -0.3 is 15.5 Å². The van der Waals surface area contributed by atoms with Gasteiger partial charge in [0.15, 0.2) is 0 Å². The van der Waals surface area contributed by atoms with Crippen molar-refractivity contribution in [1.29, 1.82) is 0 Å². The highest BCUT2D eigenvalue weighted by Gasteiger charge is 2.29. The van der Waals surface area contributed by atoms with Gasteiger partial charge in [-0.2, -0.15) is 0 Å². The fraction of sp³-hybridized carbons (Fsp3) is 0.696. The van der Waals surface area contributed by atoms with E-state index in [0.29, 0.717) is 6.42 Å². The first-order valence-electron chi connectivity index (χ1n) is 10.9. The van der Waals surface area contributed by atoms with E-state index >= 15 is 0 Å². The van der Waals surface area contributed by atoms with Crippen LogP contribution in [0.1, 0.15) is 76.9 Å². The van der Waals surface area contributed by atoms with Gasteiger partial charge >= 0.3 is 0 Å². The molecule has 5 nitrogen and oxygen atoms in total. The molecule has 0 saturated carbocycles. The minimum absolute atomic E-state index is 0.0342. The van der Waals surface area contributed by atoms with Crippen LogP contribution in [-0.2, 0) is 4.79 Å². The minimum Gasteiger partial charge on any atom is -0.387 e. The van der Waals surface area contributed by atoms with Crippen LogP contribution in [-0.4, -0.2) is 46.4 Å². The van der Waals surface area contributed by atoms with E-state index in [1.54, 1.807) is 0 Å². The normalized spacial score (nSPS) is 20.6. The molecule has 4 atom stereocenters. The highest BCUT2D eigenvalue weighted by molar-refractivity contribution is 5.75. The summed E-state index contributed by atoms with van der Waals surface area (Å²) in [4.78, 5) is 14.4. The fourth-order valence-electron chi connectivity index (χ4n) is 3.97. The smallest absolute Gasteiger partial charge is 0.220 e. The van der Waals surface area contributed by atoms with Gasteiger partial charge in [0, 0.05) is 25.6 Å². The van der Waals surface area contributed by atoms with E-state index in [4.69, 9.17) is 0 Å². The zero-order valence-electron chi connectivity index (χ0n) is 17.5. The lowest BCUT2D eigenvalue weighted by molar-refractivity contribution is -0.122. The summed E-state index contributed by atoms with van der Waals surface area (Å²) in [5.74, 6) is 0.685. The third-order valence-electron chi connectivity index (χ3n) is 6.04. The predicted octanol–water partition coefficient (Wildman–Crippen LogP) is 3.62. The van der Waals surface area contributed by atoms with Gasteiger partial charge in [0.2, 0.25) is 5.91 Å². The Balaban J connectivity index is 1.68. The molecule has 1 aliphatic heterocycles. The Hall–Kier alpha value is -1.43. The number of nitrogens with one attached hydrogen (secondary N) is 1. The molecule has 1 heterocycles. The average Bonchev–Trinajstić information content (AvgIpc) is 3.19. The first kappa shape index (κ1) is 22.9. The molecule has 0 radical (unpaired) electrons. The number of rotatable bonds is 12. The van der Waals surface area contributed by atoms with Crippen molar-refractivity contribution in [3.05, 3.63) is 35.9 Å². The van der Waals surface area contributed by atoms with Crippen molar-refractivity contribution in [3.8, 4) is 0 Å². The van der Waals surface area contributed by atoms with Gasteiger partial charge in [0.1, 0.15) is 6.23 Å². The summed E-state index contributed by atoms with van der Waals surface area (Å²) in [5.41, 5.74) is 0.810. The van der Waals surface area contributed by atoms with Crippen LogP contribution in [0.25, 0.3) is 0 Å². The molecule has 1 aromatic carbocycles. The predicted molar refractivity (Wildman–Crippen MR) is 113 cm³/mol. The molecule has 1 unspecified atom stereocenters. The first-order chi connectivity index (χ1) is 13.5. The summed E-state index contributed by atoms with van der Waals surface area (Å²) in [5, 5.41) is 23.5. The number of nitrogens with zero attached hydrogens (tertiary/aromatic N) is 1. The number of benzene rings is 1. The summed E-state index contributed by atoms with van der Waals surface area (Å²) in [6.45, 7) is 5.62. The molecule has 2 rings (SSSR count). The van der Waals surface area contributed by atoms with Crippen molar-refractivity contribution in [2.45, 2.75) is 83.6 Å². The molecule has 28 heavy (non-hydrogen) atoms. The molecule has 5 heteroatoms. The summed E-state index contributed by atoms with van der Waals surface area (Å²) < 4.78 is 0. The summed E-state index contributed by atoms with van der Waals surface area (Å²) in [6, 6.07) is 9.66. The number of amides is 1. The number of carbonyl (C=O) groups is 1. The number of carbonyl (C=O) groups excluding carboxylic acids is 1. The number of aliphatic hydroxyl groups is 2. The SMILES string of the molecule is CC[C@H](C)CCCC(O)N1CCC[C@H]1CCC(=O)NC[C@@H](O)c1ccccc1. The van der Waals surface area contributed by atoms with Crippen molar-refractivity contribution in [3.63, 3.8) is 0 Å². The molecule has 1 amide bonds. The fourth-order valence-corrected chi connectivity index (χ4v) is 3.97. The van der Waals surface area contributed by atoms with E-state index in [1.807, 2.05) is 30.3 Å². The maximum Gasteiger partial charge on any atom is 0.220 e. The molecule has 1 aromatic rings. The molecule has 0 aromatic heterocycles. The van der Waals surface area contributed by atoms with Crippen molar-refractivity contribution in [2.24, 2.45) is 5.92 Å². The highest BCUT2D eigenvalue weighted by atomic mass is 16.3. The van der Waals surface area contributed by atoms with Crippen LogP contribution in [0, 0.1) is 5.92 Å². The van der Waals surface area contributed by atoms with Gasteiger partial charge in [-0.25, -0.2) is 0 Å². The second-order valence-electron chi connectivity index (χ2n) is 8.23. The molecule has 0 bridgehead atoms. The number of hydrogen-bond donors (Lipinski definition) is 3. The minimum atomic E-state index is -0.680. The summed E-state index contributed by atoms with van der Waals surface area (Å²) >= 11 is 0. The van der Waals surface area contributed by atoms with Gasteiger partial charge in [0.05, 0.1) is 6.10 Å². The van der Waals surface area contributed by atoms with Crippen molar-refractivity contribution in [2.75, 3.05) is 13.1 Å². The Morgan fingerprint density at radius 1 is 1.25 bits per heavy atom. The molecule has 1 aliphatic rings. The van der Waals surface area contributed by atoms with Crippen LogP contribution < -0.4 is 5.32 Å². The highest BCUT2D eigenvalue weighted by Crippen LogP contribution is 2.25. The Labute approximate surface area is 170 Å². The Morgan fingerprint density at radius 2 is 2.00 bits per heavy atom. The monoisotopic (exact) mass is 390 g/mol. The quantitative estimate of drug-likeness (QED) is 0.510. The third kappa shape index (κ3) is 7.53. The van der Waals surface area contributed by atoms with Crippen LogP contribution in [0.15, 0.2) is 30.3 Å². The maximum absolute atomic E-state index is 12.2. The van der Waals surface area contributed by atoms with Crippen molar-refractivity contribution in [1.82, 2.24) is 10.2 Å². The van der Waals surface area contributed by atoms with Crippen LogP contribution in [0.5, 0.6) is 0 Å². The van der Waals surface area contributed by atoms with E-state index in [0.717, 1.165) is 56.6 Å². The number of aliphatic hydroxyl groups excluding tert-OH is 2. The van der Waals surface area contributed by atoms with E-state index < -0.39 is 6.10 Å². The Morgan fingerprint density at radius 3 is 2.71 bits per heavy atom. The number of likely N-dealkylation sites (tertiary alicyclic amines) is 1. The lowest BCUT2D eigenvalue weighted by Gasteiger charge is -2.29. The van der Waals surface area contributed by atoms with Crippen LogP contribution >= 0.6 is 0 Å². The van der Waals surface area contributed by atoms with E-state index in [-0.39, 0.29) is 24.7 Å². The van der Waals surface area contributed by atoms with Crippen molar-refractivity contribution >= 4 is 5.91 Å². The zero-order chi connectivity index (χ0) is 20.4. The van der Waals surface area contributed by atoms with Crippen LogP contribution in [0.4, 0.5) is 0 Å². The van der Waals surface area contributed by atoms with E-state index in [1.165, 1.54) is 6.42 Å². The van der Waals surface area contributed by atoms with Gasteiger partial charge in [-0.05, 0) is 43.6 Å². The molecule has 1 fully saturated rings. The molecule has 1 saturated heterocycles. The topological polar surface area (TPSA) is 72.8 Å². The lowest BCUT2D eigenvalue weighted by Crippen LogP contribution is -2.40. The number of hydrogen-bond acceptors (Lipinski definition) is 4. The van der Waals surface area contributed by atoms with Gasteiger partial charge in [0.25, 0.3) is 0 Å². The maximum atomic E-state index is 12.2. The molecule has 0 aliphatic carbocycles. The van der Waals surface area contributed by atoms with Gasteiger partial charge in [-0.1, -0.05) is 57.0 Å². The molecular formula is C23H38N2O3. The Bertz CT molecular complexity index is 566. The third-order valence-corrected chi connectivity index (χ3v) is 6.04. The Kier molecular flexibility index (Phi) is 9.96.